The first-order chi connectivity index (χ1) is 12.0. The second-order valence-electron chi connectivity index (χ2n) is 5.38. The molecular weight excluding hydrogens is 376 g/mol. The molecule has 5 nitrogen and oxygen atoms in total. The molecule has 0 radical (unpaired) electrons. The van der Waals surface area contributed by atoms with Gasteiger partial charge in [0.05, 0.1) is 17.5 Å². The molecule has 0 unspecified atom stereocenters. The van der Waals surface area contributed by atoms with Gasteiger partial charge in [-0.05, 0) is 36.4 Å². The lowest BCUT2D eigenvalue weighted by molar-refractivity contribution is -0.137. The summed E-state index contributed by atoms with van der Waals surface area (Å²) in [6.07, 6.45) is -3.90. The fourth-order valence-corrected chi connectivity index (χ4v) is 2.98. The molecule has 1 amide bonds. The maximum absolute atomic E-state index is 13.1. The van der Waals surface area contributed by atoms with Crippen molar-refractivity contribution in [1.29, 1.82) is 0 Å². The van der Waals surface area contributed by atoms with Gasteiger partial charge in [-0.2, -0.15) is 13.2 Å². The number of hydrogen-bond acceptors (Lipinski definition) is 3. The van der Waals surface area contributed by atoms with Gasteiger partial charge in [-0.25, -0.2) is 12.8 Å². The normalized spacial score (nSPS) is 11.9. The Bertz CT molecular complexity index is 914. The van der Waals surface area contributed by atoms with Gasteiger partial charge >= 0.3 is 6.18 Å². The van der Waals surface area contributed by atoms with E-state index in [-0.39, 0.29) is 11.4 Å². The van der Waals surface area contributed by atoms with Crippen LogP contribution >= 0.6 is 0 Å². The van der Waals surface area contributed by atoms with Crippen molar-refractivity contribution in [2.45, 2.75) is 6.18 Å². The van der Waals surface area contributed by atoms with Crippen LogP contribution < -0.4 is 9.62 Å². The molecule has 1 N–H and O–H groups in total. The summed E-state index contributed by atoms with van der Waals surface area (Å²) in [5, 5.41) is 2.29. The van der Waals surface area contributed by atoms with Crippen LogP contribution in [0.3, 0.4) is 0 Å². The standard InChI is InChI=1S/C16H14F4N2O3S/c1-26(24,25)22(14-7-2-4-11(8-14)16(18,19)20)10-15(23)21-13-6-3-5-12(17)9-13/h2-9H,10H2,1H3,(H,21,23). The Morgan fingerprint density at radius 2 is 1.77 bits per heavy atom. The molecule has 0 bridgehead atoms. The van der Waals surface area contributed by atoms with Gasteiger partial charge in [0.2, 0.25) is 15.9 Å². The van der Waals surface area contributed by atoms with E-state index in [0.717, 1.165) is 36.6 Å². The first kappa shape index (κ1) is 19.7. The van der Waals surface area contributed by atoms with Crippen molar-refractivity contribution >= 4 is 27.3 Å². The van der Waals surface area contributed by atoms with Crippen molar-refractivity contribution in [2.24, 2.45) is 0 Å². The monoisotopic (exact) mass is 390 g/mol. The van der Waals surface area contributed by atoms with Gasteiger partial charge in [0.1, 0.15) is 12.4 Å². The second kappa shape index (κ2) is 7.32. The predicted molar refractivity (Wildman–Crippen MR) is 88.7 cm³/mol. The molecule has 0 fully saturated rings. The number of sulfonamides is 1. The summed E-state index contributed by atoms with van der Waals surface area (Å²) in [4.78, 5) is 12.1. The molecule has 0 aliphatic rings. The van der Waals surface area contributed by atoms with Crippen LogP contribution in [0, 0.1) is 5.82 Å². The van der Waals surface area contributed by atoms with Crippen LogP contribution in [0.15, 0.2) is 48.5 Å². The molecule has 26 heavy (non-hydrogen) atoms. The Kier molecular flexibility index (Phi) is 5.55. The Labute approximate surface area is 147 Å². The molecule has 0 aliphatic heterocycles. The lowest BCUT2D eigenvalue weighted by Crippen LogP contribution is -2.37. The molecular formula is C16H14F4N2O3S. The van der Waals surface area contributed by atoms with Crippen LogP contribution in [0.1, 0.15) is 5.56 Å². The van der Waals surface area contributed by atoms with E-state index < -0.39 is 40.0 Å². The predicted octanol–water partition coefficient (Wildman–Crippen LogP) is 3.25. The number of alkyl halides is 3. The van der Waals surface area contributed by atoms with Crippen LogP contribution in [0.2, 0.25) is 0 Å². The molecule has 2 rings (SSSR count). The zero-order valence-electron chi connectivity index (χ0n) is 13.4. The first-order valence-corrected chi connectivity index (χ1v) is 9.02. The van der Waals surface area contributed by atoms with E-state index in [2.05, 4.69) is 5.32 Å². The summed E-state index contributed by atoms with van der Waals surface area (Å²) < 4.78 is 76.0. The van der Waals surface area contributed by atoms with E-state index in [1.165, 1.54) is 12.1 Å². The lowest BCUT2D eigenvalue weighted by atomic mass is 10.2. The van der Waals surface area contributed by atoms with Crippen LogP contribution in [-0.2, 0) is 21.0 Å². The fourth-order valence-electron chi connectivity index (χ4n) is 2.13. The largest absolute Gasteiger partial charge is 0.416 e. The topological polar surface area (TPSA) is 66.5 Å². The number of nitrogens with one attached hydrogen (secondary N) is 1. The first-order valence-electron chi connectivity index (χ1n) is 7.17. The second-order valence-corrected chi connectivity index (χ2v) is 7.28. The summed E-state index contributed by atoms with van der Waals surface area (Å²) in [5.41, 5.74) is -1.27. The zero-order chi connectivity index (χ0) is 19.5. The van der Waals surface area contributed by atoms with Crippen molar-refractivity contribution in [3.05, 3.63) is 59.9 Å². The molecule has 140 valence electrons. The van der Waals surface area contributed by atoms with Gasteiger partial charge in [0, 0.05) is 5.69 Å². The highest BCUT2D eigenvalue weighted by Crippen LogP contribution is 2.32. The van der Waals surface area contributed by atoms with Crippen LogP contribution in [0.4, 0.5) is 28.9 Å². The van der Waals surface area contributed by atoms with Gasteiger partial charge in [-0.15, -0.1) is 0 Å². The minimum Gasteiger partial charge on any atom is -0.324 e. The molecule has 0 saturated heterocycles. The highest BCUT2D eigenvalue weighted by Gasteiger charge is 2.32. The van der Waals surface area contributed by atoms with Crippen molar-refractivity contribution in [3.8, 4) is 0 Å². The van der Waals surface area contributed by atoms with E-state index in [1.54, 1.807) is 0 Å². The zero-order valence-corrected chi connectivity index (χ0v) is 14.2. The van der Waals surface area contributed by atoms with Crippen LogP contribution in [-0.4, -0.2) is 27.1 Å². The third kappa shape index (κ3) is 5.19. The summed E-state index contributed by atoms with van der Waals surface area (Å²) in [6, 6.07) is 8.51. The van der Waals surface area contributed by atoms with Crippen LogP contribution in [0.5, 0.6) is 0 Å². The highest BCUT2D eigenvalue weighted by atomic mass is 32.2. The highest BCUT2D eigenvalue weighted by molar-refractivity contribution is 7.92. The minimum absolute atomic E-state index is 0.0903. The van der Waals surface area contributed by atoms with Crippen molar-refractivity contribution in [3.63, 3.8) is 0 Å². The number of carbonyl (C=O) groups excluding carboxylic acids is 1. The third-order valence-corrected chi connectivity index (χ3v) is 4.40. The summed E-state index contributed by atoms with van der Waals surface area (Å²) in [5.74, 6) is -1.45. The number of halogens is 4. The van der Waals surface area contributed by atoms with Gasteiger partial charge in [-0.1, -0.05) is 12.1 Å². The molecule has 0 aliphatic carbocycles. The number of nitrogens with zero attached hydrogens (tertiary/aromatic N) is 1. The van der Waals surface area contributed by atoms with Gasteiger partial charge in [0.15, 0.2) is 0 Å². The van der Waals surface area contributed by atoms with Crippen molar-refractivity contribution in [2.75, 3.05) is 22.4 Å². The average Bonchev–Trinajstić information content (AvgIpc) is 2.51. The molecule has 2 aromatic rings. The van der Waals surface area contributed by atoms with E-state index in [1.807, 2.05) is 0 Å². The summed E-state index contributed by atoms with van der Waals surface area (Å²) in [6.45, 7) is -0.767. The molecule has 0 heterocycles. The fraction of sp³-hybridized carbons (Fsp3) is 0.188. The van der Waals surface area contributed by atoms with Gasteiger partial charge in [-0.3, -0.25) is 9.10 Å². The molecule has 0 spiro atoms. The van der Waals surface area contributed by atoms with E-state index in [9.17, 15) is 30.8 Å². The number of rotatable bonds is 5. The minimum atomic E-state index is -4.66. The van der Waals surface area contributed by atoms with Crippen molar-refractivity contribution in [1.82, 2.24) is 0 Å². The summed E-state index contributed by atoms with van der Waals surface area (Å²) >= 11 is 0. The number of amides is 1. The molecule has 0 aromatic heterocycles. The van der Waals surface area contributed by atoms with Crippen molar-refractivity contribution < 1.29 is 30.8 Å². The molecule has 0 saturated carbocycles. The summed E-state index contributed by atoms with van der Waals surface area (Å²) in [7, 11) is -4.04. The van der Waals surface area contributed by atoms with Crippen LogP contribution in [0.25, 0.3) is 0 Å². The Morgan fingerprint density at radius 3 is 2.35 bits per heavy atom. The number of benzene rings is 2. The van der Waals surface area contributed by atoms with E-state index >= 15 is 0 Å². The van der Waals surface area contributed by atoms with Gasteiger partial charge in [0.25, 0.3) is 0 Å². The Hall–Kier alpha value is -2.62. The van der Waals surface area contributed by atoms with E-state index in [0.29, 0.717) is 10.4 Å². The number of hydrogen-bond donors (Lipinski definition) is 1. The Balaban J connectivity index is 2.28. The lowest BCUT2D eigenvalue weighted by Gasteiger charge is -2.22. The molecule has 10 heteroatoms. The maximum Gasteiger partial charge on any atom is 0.416 e. The number of carbonyl (C=O) groups is 1. The SMILES string of the molecule is CS(=O)(=O)N(CC(=O)Nc1cccc(F)c1)c1cccc(C(F)(F)F)c1. The molecule has 2 aromatic carbocycles. The number of anilines is 2. The quantitative estimate of drug-likeness (QED) is 0.797. The smallest absolute Gasteiger partial charge is 0.324 e. The van der Waals surface area contributed by atoms with E-state index in [4.69, 9.17) is 0 Å². The average molecular weight is 390 g/mol. The molecule has 0 atom stereocenters. The Morgan fingerprint density at radius 1 is 1.12 bits per heavy atom. The van der Waals surface area contributed by atoms with Gasteiger partial charge < -0.3 is 5.32 Å². The maximum atomic E-state index is 13.1. The third-order valence-electron chi connectivity index (χ3n) is 3.26.